The molecule has 1 heterocycles. The first-order chi connectivity index (χ1) is 11.6. The predicted octanol–water partition coefficient (Wildman–Crippen LogP) is 2.61. The van der Waals surface area contributed by atoms with E-state index in [2.05, 4.69) is 0 Å². The zero-order chi connectivity index (χ0) is 17.4. The largest absolute Gasteiger partial charge is 0.339 e. The summed E-state index contributed by atoms with van der Waals surface area (Å²) < 4.78 is 0. The van der Waals surface area contributed by atoms with Gasteiger partial charge in [-0.15, -0.1) is 12.4 Å². The van der Waals surface area contributed by atoms with Gasteiger partial charge in [0.25, 0.3) is 5.91 Å². The lowest BCUT2D eigenvalue weighted by atomic mass is 10.1. The van der Waals surface area contributed by atoms with E-state index in [1.165, 1.54) is 0 Å². The van der Waals surface area contributed by atoms with Gasteiger partial charge in [0, 0.05) is 38.2 Å². The number of hydrogen-bond acceptors (Lipinski definition) is 3. The van der Waals surface area contributed by atoms with Crippen molar-refractivity contribution in [1.82, 2.24) is 9.80 Å². The lowest BCUT2D eigenvalue weighted by molar-refractivity contribution is -0.132. The zero-order valence-electron chi connectivity index (χ0n) is 15.1. The number of hydrogen-bond donors (Lipinski definition) is 1. The average Bonchev–Trinajstić information content (AvgIpc) is 2.61. The lowest BCUT2D eigenvalue weighted by Gasteiger charge is -2.35. The van der Waals surface area contributed by atoms with Crippen LogP contribution in [-0.4, -0.2) is 54.3 Å². The van der Waals surface area contributed by atoms with Crippen molar-refractivity contribution >= 4 is 24.2 Å². The van der Waals surface area contributed by atoms with Crippen molar-refractivity contribution in [3.63, 3.8) is 0 Å². The lowest BCUT2D eigenvalue weighted by Crippen LogP contribution is -2.50. The second-order valence-electron chi connectivity index (χ2n) is 6.49. The third-order valence-corrected chi connectivity index (χ3v) is 4.56. The number of rotatable bonds is 7. The van der Waals surface area contributed by atoms with E-state index in [0.717, 1.165) is 43.4 Å². The third kappa shape index (κ3) is 6.67. The molecule has 1 aromatic carbocycles. The molecule has 2 amide bonds. The highest BCUT2D eigenvalue weighted by atomic mass is 35.5. The number of halogens is 1. The van der Waals surface area contributed by atoms with Crippen molar-refractivity contribution in [2.75, 3.05) is 32.7 Å². The summed E-state index contributed by atoms with van der Waals surface area (Å²) in [4.78, 5) is 28.4. The quantitative estimate of drug-likeness (QED) is 0.753. The highest BCUT2D eigenvalue weighted by Crippen LogP contribution is 2.12. The summed E-state index contributed by atoms with van der Waals surface area (Å²) in [7, 11) is 0. The Morgan fingerprint density at radius 3 is 2.08 bits per heavy atom. The van der Waals surface area contributed by atoms with Crippen LogP contribution in [0.4, 0.5) is 0 Å². The molecule has 0 atom stereocenters. The summed E-state index contributed by atoms with van der Waals surface area (Å²) in [5.74, 6) is 0.272. The molecular weight excluding hydrogens is 338 g/mol. The minimum absolute atomic E-state index is 0. The highest BCUT2D eigenvalue weighted by Gasteiger charge is 2.24. The number of carbonyl (C=O) groups is 2. The van der Waals surface area contributed by atoms with E-state index in [0.29, 0.717) is 32.6 Å². The van der Waals surface area contributed by atoms with E-state index >= 15 is 0 Å². The summed E-state index contributed by atoms with van der Waals surface area (Å²) in [6.07, 6.45) is 4.74. The molecule has 0 unspecified atom stereocenters. The maximum Gasteiger partial charge on any atom is 0.253 e. The summed E-state index contributed by atoms with van der Waals surface area (Å²) in [5, 5.41) is 0. The first-order valence-corrected chi connectivity index (χ1v) is 8.95. The minimum Gasteiger partial charge on any atom is -0.339 e. The Kier molecular flexibility index (Phi) is 9.53. The van der Waals surface area contributed by atoms with Crippen LogP contribution >= 0.6 is 12.4 Å². The maximum absolute atomic E-state index is 12.5. The molecule has 5 nitrogen and oxygen atoms in total. The Hall–Kier alpha value is -1.59. The molecule has 1 aromatic rings. The summed E-state index contributed by atoms with van der Waals surface area (Å²) in [6.45, 7) is 5.25. The van der Waals surface area contributed by atoms with E-state index in [4.69, 9.17) is 5.73 Å². The van der Waals surface area contributed by atoms with Gasteiger partial charge in [-0.2, -0.15) is 0 Å². The van der Waals surface area contributed by atoms with Crippen molar-refractivity contribution < 1.29 is 9.59 Å². The van der Waals surface area contributed by atoms with Crippen molar-refractivity contribution in [2.24, 2.45) is 5.73 Å². The first kappa shape index (κ1) is 21.5. The third-order valence-electron chi connectivity index (χ3n) is 4.56. The molecule has 140 valence electrons. The number of aryl methyl sites for hydroxylation is 1. The van der Waals surface area contributed by atoms with Gasteiger partial charge < -0.3 is 15.5 Å². The molecule has 25 heavy (non-hydrogen) atoms. The van der Waals surface area contributed by atoms with Gasteiger partial charge in [0.05, 0.1) is 0 Å². The van der Waals surface area contributed by atoms with Crippen LogP contribution in [0, 0.1) is 6.92 Å². The topological polar surface area (TPSA) is 66.6 Å². The van der Waals surface area contributed by atoms with E-state index in [-0.39, 0.29) is 24.2 Å². The van der Waals surface area contributed by atoms with Crippen LogP contribution in [0.2, 0.25) is 0 Å². The Labute approximate surface area is 157 Å². The van der Waals surface area contributed by atoms with Gasteiger partial charge in [-0.3, -0.25) is 9.59 Å². The number of piperazine rings is 1. The fraction of sp³-hybridized carbons (Fsp3) is 0.579. The molecule has 6 heteroatoms. The Balaban J connectivity index is 0.00000312. The molecule has 0 aromatic heterocycles. The van der Waals surface area contributed by atoms with Crippen LogP contribution in [0.5, 0.6) is 0 Å². The van der Waals surface area contributed by atoms with Gasteiger partial charge in [-0.1, -0.05) is 30.5 Å². The standard InChI is InChI=1S/C19H29N3O2.ClH/c1-16-7-9-17(10-8-16)19(24)22-14-12-21(13-15-22)18(23)6-4-2-3-5-11-20;/h7-10H,2-6,11-15,20H2,1H3;1H. The van der Waals surface area contributed by atoms with Gasteiger partial charge in [0.15, 0.2) is 0 Å². The fourth-order valence-electron chi connectivity index (χ4n) is 2.97. The molecule has 2 rings (SSSR count). The van der Waals surface area contributed by atoms with Gasteiger partial charge in [-0.25, -0.2) is 0 Å². The molecule has 0 bridgehead atoms. The molecule has 0 radical (unpaired) electrons. The number of unbranched alkanes of at least 4 members (excludes halogenated alkanes) is 3. The van der Waals surface area contributed by atoms with Gasteiger partial charge in [0.2, 0.25) is 5.91 Å². The molecule has 0 saturated carbocycles. The molecule has 1 aliphatic heterocycles. The summed E-state index contributed by atoms with van der Waals surface area (Å²) in [6, 6.07) is 7.66. The van der Waals surface area contributed by atoms with Crippen LogP contribution in [0.25, 0.3) is 0 Å². The van der Waals surface area contributed by atoms with Gasteiger partial charge in [0.1, 0.15) is 0 Å². The van der Waals surface area contributed by atoms with Gasteiger partial charge in [-0.05, 0) is 38.4 Å². The predicted molar refractivity (Wildman–Crippen MR) is 103 cm³/mol. The van der Waals surface area contributed by atoms with Crippen molar-refractivity contribution in [3.8, 4) is 0 Å². The Morgan fingerprint density at radius 2 is 1.48 bits per heavy atom. The number of nitrogens with two attached hydrogens (primary N) is 1. The van der Waals surface area contributed by atoms with Crippen LogP contribution in [-0.2, 0) is 4.79 Å². The molecule has 2 N–H and O–H groups in total. The molecule has 1 fully saturated rings. The maximum atomic E-state index is 12.5. The van der Waals surface area contributed by atoms with Crippen LogP contribution in [0.3, 0.4) is 0 Å². The monoisotopic (exact) mass is 367 g/mol. The van der Waals surface area contributed by atoms with Crippen LogP contribution < -0.4 is 5.73 Å². The molecule has 0 aliphatic carbocycles. The molecule has 1 aliphatic rings. The van der Waals surface area contributed by atoms with Crippen molar-refractivity contribution in [1.29, 1.82) is 0 Å². The fourth-order valence-corrected chi connectivity index (χ4v) is 2.97. The van der Waals surface area contributed by atoms with E-state index in [9.17, 15) is 9.59 Å². The average molecular weight is 368 g/mol. The smallest absolute Gasteiger partial charge is 0.253 e. The SMILES string of the molecule is Cc1ccc(C(=O)N2CCN(C(=O)CCCCCCN)CC2)cc1.Cl. The molecular formula is C19H30ClN3O2. The second kappa shape index (κ2) is 11.1. The second-order valence-corrected chi connectivity index (χ2v) is 6.49. The number of carbonyl (C=O) groups excluding carboxylic acids is 2. The van der Waals surface area contributed by atoms with E-state index in [1.807, 2.05) is 41.0 Å². The zero-order valence-corrected chi connectivity index (χ0v) is 15.9. The number of nitrogens with zero attached hydrogens (tertiary/aromatic N) is 2. The van der Waals surface area contributed by atoms with Crippen molar-refractivity contribution in [3.05, 3.63) is 35.4 Å². The molecule has 0 spiro atoms. The summed E-state index contributed by atoms with van der Waals surface area (Å²) in [5.41, 5.74) is 7.34. The van der Waals surface area contributed by atoms with Crippen LogP contribution in [0.15, 0.2) is 24.3 Å². The number of amides is 2. The highest BCUT2D eigenvalue weighted by molar-refractivity contribution is 5.94. The Bertz CT molecular complexity index is 540. The Morgan fingerprint density at radius 1 is 0.920 bits per heavy atom. The number of benzene rings is 1. The van der Waals surface area contributed by atoms with Crippen LogP contribution in [0.1, 0.15) is 48.0 Å². The summed E-state index contributed by atoms with van der Waals surface area (Å²) >= 11 is 0. The molecule has 1 saturated heterocycles. The normalized spacial score (nSPS) is 14.2. The van der Waals surface area contributed by atoms with Crippen molar-refractivity contribution in [2.45, 2.75) is 39.0 Å². The van der Waals surface area contributed by atoms with E-state index in [1.54, 1.807) is 0 Å². The van der Waals surface area contributed by atoms with E-state index < -0.39 is 0 Å². The first-order valence-electron chi connectivity index (χ1n) is 8.95. The minimum atomic E-state index is 0. The van der Waals surface area contributed by atoms with Gasteiger partial charge >= 0.3 is 0 Å².